The Morgan fingerprint density at radius 1 is 1.42 bits per heavy atom. The monoisotopic (exact) mass is 280 g/mol. The number of nitrogens with zero attached hydrogens (tertiary/aromatic N) is 1. The minimum Gasteiger partial charge on any atom is -0.313 e. The zero-order valence-corrected chi connectivity index (χ0v) is 12.0. The summed E-state index contributed by atoms with van der Waals surface area (Å²) >= 11 is 1.98. The Morgan fingerprint density at radius 2 is 2.21 bits per heavy atom. The molecule has 4 nitrogen and oxygen atoms in total. The van der Waals surface area contributed by atoms with Crippen molar-refractivity contribution in [3.8, 4) is 0 Å². The lowest BCUT2D eigenvalue weighted by molar-refractivity contribution is -0.385. The summed E-state index contributed by atoms with van der Waals surface area (Å²) in [6.45, 7) is 3.12. The lowest BCUT2D eigenvalue weighted by Crippen LogP contribution is -2.35. The summed E-state index contributed by atoms with van der Waals surface area (Å²) in [5.41, 5.74) is 1.12. The molecular formula is C14H20N2O2S. The lowest BCUT2D eigenvalue weighted by atomic mass is 9.94. The maximum atomic E-state index is 11.0. The van der Waals surface area contributed by atoms with Gasteiger partial charge in [-0.15, -0.1) is 0 Å². The minimum absolute atomic E-state index is 0.258. The van der Waals surface area contributed by atoms with Crippen LogP contribution in [0.25, 0.3) is 0 Å². The zero-order valence-electron chi connectivity index (χ0n) is 11.2. The van der Waals surface area contributed by atoms with E-state index in [-0.39, 0.29) is 10.6 Å². The zero-order chi connectivity index (χ0) is 13.7. The maximum Gasteiger partial charge on any atom is 0.272 e. The molecule has 1 heterocycles. The number of benzene rings is 1. The number of para-hydroxylation sites is 1. The Labute approximate surface area is 118 Å². The van der Waals surface area contributed by atoms with Crippen LogP contribution in [0.4, 0.5) is 5.69 Å². The van der Waals surface area contributed by atoms with Crippen molar-refractivity contribution in [1.82, 2.24) is 5.32 Å². The van der Waals surface area contributed by atoms with Crippen LogP contribution in [0, 0.1) is 16.0 Å². The summed E-state index contributed by atoms with van der Waals surface area (Å²) < 4.78 is 0. The Kier molecular flexibility index (Phi) is 5.22. The molecule has 1 fully saturated rings. The van der Waals surface area contributed by atoms with Gasteiger partial charge in [-0.25, -0.2) is 0 Å². The number of rotatable bonds is 6. The predicted octanol–water partition coefficient (Wildman–Crippen LogP) is 2.87. The third-order valence-corrected chi connectivity index (χ3v) is 4.90. The fourth-order valence-electron chi connectivity index (χ4n) is 2.61. The van der Waals surface area contributed by atoms with Crippen LogP contribution in [-0.2, 0) is 6.42 Å². The second-order valence-electron chi connectivity index (χ2n) is 4.89. The summed E-state index contributed by atoms with van der Waals surface area (Å²) in [4.78, 5) is 10.7. The molecule has 2 unspecified atom stereocenters. The molecule has 5 heteroatoms. The van der Waals surface area contributed by atoms with Crippen molar-refractivity contribution in [2.75, 3.05) is 18.1 Å². The molecular weight excluding hydrogens is 260 g/mol. The van der Waals surface area contributed by atoms with Crippen molar-refractivity contribution in [2.45, 2.75) is 25.8 Å². The van der Waals surface area contributed by atoms with Gasteiger partial charge in [0.1, 0.15) is 0 Å². The van der Waals surface area contributed by atoms with Crippen LogP contribution in [-0.4, -0.2) is 29.0 Å². The number of nitrogens with one attached hydrogen (secondary N) is 1. The Bertz CT molecular complexity index is 439. The van der Waals surface area contributed by atoms with E-state index in [4.69, 9.17) is 0 Å². The highest BCUT2D eigenvalue weighted by atomic mass is 32.2. The maximum absolute atomic E-state index is 11.0. The smallest absolute Gasteiger partial charge is 0.272 e. The van der Waals surface area contributed by atoms with Crippen LogP contribution in [0.2, 0.25) is 0 Å². The van der Waals surface area contributed by atoms with E-state index in [1.165, 1.54) is 0 Å². The highest BCUT2D eigenvalue weighted by Crippen LogP contribution is 2.29. The first-order valence-electron chi connectivity index (χ1n) is 6.75. The van der Waals surface area contributed by atoms with Gasteiger partial charge in [-0.2, -0.15) is 11.8 Å². The van der Waals surface area contributed by atoms with Crippen LogP contribution >= 0.6 is 11.8 Å². The molecule has 1 aliphatic heterocycles. The van der Waals surface area contributed by atoms with Gasteiger partial charge >= 0.3 is 0 Å². The molecule has 0 bridgehead atoms. The third kappa shape index (κ3) is 3.70. The van der Waals surface area contributed by atoms with Crippen molar-refractivity contribution in [1.29, 1.82) is 0 Å². The molecule has 0 aliphatic carbocycles. The third-order valence-electron chi connectivity index (χ3n) is 3.64. The van der Waals surface area contributed by atoms with Gasteiger partial charge in [-0.05, 0) is 31.1 Å². The average molecular weight is 280 g/mol. The van der Waals surface area contributed by atoms with E-state index in [1.807, 2.05) is 23.9 Å². The first kappa shape index (κ1) is 14.3. The minimum atomic E-state index is -0.277. The quantitative estimate of drug-likeness (QED) is 0.643. The summed E-state index contributed by atoms with van der Waals surface area (Å²) in [6, 6.07) is 7.66. The average Bonchev–Trinajstić information content (AvgIpc) is 2.84. The van der Waals surface area contributed by atoms with Gasteiger partial charge in [-0.1, -0.05) is 25.1 Å². The molecule has 2 rings (SSSR count). The van der Waals surface area contributed by atoms with Crippen LogP contribution in [0.1, 0.15) is 18.9 Å². The fraction of sp³-hybridized carbons (Fsp3) is 0.571. The Balaban J connectivity index is 1.97. The van der Waals surface area contributed by atoms with Gasteiger partial charge in [0, 0.05) is 23.4 Å². The normalized spacial score (nSPS) is 22.6. The first-order valence-corrected chi connectivity index (χ1v) is 7.91. The van der Waals surface area contributed by atoms with Crippen LogP contribution in [0.5, 0.6) is 0 Å². The van der Waals surface area contributed by atoms with E-state index in [9.17, 15) is 10.1 Å². The molecule has 1 aromatic rings. The molecule has 1 saturated heterocycles. The van der Waals surface area contributed by atoms with Gasteiger partial charge in [0.15, 0.2) is 0 Å². The van der Waals surface area contributed by atoms with Crippen LogP contribution in [0.3, 0.4) is 0 Å². The van der Waals surface area contributed by atoms with Crippen molar-refractivity contribution < 1.29 is 4.92 Å². The van der Waals surface area contributed by atoms with Crippen molar-refractivity contribution >= 4 is 17.4 Å². The van der Waals surface area contributed by atoms with Gasteiger partial charge in [0.2, 0.25) is 0 Å². The fourth-order valence-corrected chi connectivity index (χ4v) is 4.09. The van der Waals surface area contributed by atoms with E-state index in [0.717, 1.165) is 36.5 Å². The highest BCUT2D eigenvalue weighted by molar-refractivity contribution is 7.99. The summed E-state index contributed by atoms with van der Waals surface area (Å²) in [7, 11) is 0. The first-order chi connectivity index (χ1) is 9.22. The van der Waals surface area contributed by atoms with E-state index < -0.39 is 0 Å². The second-order valence-corrected chi connectivity index (χ2v) is 5.96. The molecule has 104 valence electrons. The van der Waals surface area contributed by atoms with Gasteiger partial charge in [-0.3, -0.25) is 10.1 Å². The lowest BCUT2D eigenvalue weighted by Gasteiger charge is -2.19. The van der Waals surface area contributed by atoms with E-state index in [2.05, 4.69) is 12.2 Å². The van der Waals surface area contributed by atoms with Gasteiger partial charge < -0.3 is 5.32 Å². The Hall–Kier alpha value is -1.07. The summed E-state index contributed by atoms with van der Waals surface area (Å²) in [5, 5.41) is 14.5. The molecule has 0 radical (unpaired) electrons. The number of aryl methyl sites for hydroxylation is 1. The topological polar surface area (TPSA) is 55.2 Å². The SMILES string of the molecule is CCNC1CSCC1CCc1ccccc1[N+](=O)[O-]. The predicted molar refractivity (Wildman–Crippen MR) is 79.7 cm³/mol. The van der Waals surface area contributed by atoms with E-state index in [0.29, 0.717) is 12.0 Å². The largest absolute Gasteiger partial charge is 0.313 e. The molecule has 2 atom stereocenters. The molecule has 1 aliphatic rings. The molecule has 0 saturated carbocycles. The number of hydrogen-bond donors (Lipinski definition) is 1. The summed E-state index contributed by atoms with van der Waals surface area (Å²) in [5.74, 6) is 2.96. The number of thioether (sulfide) groups is 1. The Morgan fingerprint density at radius 3 is 2.95 bits per heavy atom. The van der Waals surface area contributed by atoms with Gasteiger partial charge in [0.25, 0.3) is 5.69 Å². The van der Waals surface area contributed by atoms with Crippen LogP contribution in [0.15, 0.2) is 24.3 Å². The molecule has 0 amide bonds. The molecule has 0 spiro atoms. The van der Waals surface area contributed by atoms with E-state index >= 15 is 0 Å². The van der Waals surface area contributed by atoms with Crippen molar-refractivity contribution in [2.24, 2.45) is 5.92 Å². The second kappa shape index (κ2) is 6.91. The number of nitro groups is 1. The van der Waals surface area contributed by atoms with Crippen LogP contribution < -0.4 is 5.32 Å². The molecule has 19 heavy (non-hydrogen) atoms. The molecule has 1 N–H and O–H groups in total. The highest BCUT2D eigenvalue weighted by Gasteiger charge is 2.27. The summed E-state index contributed by atoms with van der Waals surface area (Å²) in [6.07, 6.45) is 1.82. The number of hydrogen-bond acceptors (Lipinski definition) is 4. The standard InChI is InChI=1S/C14H20N2O2S/c1-2-15-13-10-19-9-12(13)8-7-11-5-3-4-6-14(11)16(17)18/h3-6,12-13,15H,2,7-10H2,1H3. The molecule has 0 aromatic heterocycles. The molecule has 1 aromatic carbocycles. The van der Waals surface area contributed by atoms with Gasteiger partial charge in [0.05, 0.1) is 4.92 Å². The van der Waals surface area contributed by atoms with Crippen molar-refractivity contribution in [3.05, 3.63) is 39.9 Å². The van der Waals surface area contributed by atoms with E-state index in [1.54, 1.807) is 12.1 Å². The van der Waals surface area contributed by atoms with Crippen molar-refractivity contribution in [3.63, 3.8) is 0 Å². The number of nitro benzene ring substituents is 1.